The first kappa shape index (κ1) is 17.1. The minimum atomic E-state index is 0.642. The Kier molecular flexibility index (Phi) is 5.65. The van der Waals surface area contributed by atoms with Gasteiger partial charge in [-0.3, -0.25) is 5.43 Å². The van der Waals surface area contributed by atoms with E-state index in [0.29, 0.717) is 6.61 Å². The molecule has 0 saturated carbocycles. The molecule has 0 spiro atoms. The summed E-state index contributed by atoms with van der Waals surface area (Å²) in [6, 6.07) is 9.98. The summed E-state index contributed by atoms with van der Waals surface area (Å²) in [5.74, 6) is 0.832. The number of nitrogens with one attached hydrogen (secondary N) is 1. The Morgan fingerprint density at radius 1 is 1.38 bits per heavy atom. The molecule has 0 radical (unpaired) electrons. The summed E-state index contributed by atoms with van der Waals surface area (Å²) >= 11 is 6.80. The van der Waals surface area contributed by atoms with Crippen LogP contribution in [-0.2, 0) is 0 Å². The van der Waals surface area contributed by atoms with Crippen molar-refractivity contribution in [3.05, 3.63) is 50.6 Å². The van der Waals surface area contributed by atoms with E-state index < -0.39 is 0 Å². The van der Waals surface area contributed by atoms with Crippen molar-refractivity contribution in [3.8, 4) is 16.3 Å². The van der Waals surface area contributed by atoms with Crippen molar-refractivity contribution in [3.63, 3.8) is 0 Å². The number of hydrogen-bond donors (Lipinski definition) is 1. The maximum atomic E-state index is 5.50. The molecule has 1 aromatic carbocycles. The Morgan fingerprint density at radius 2 is 2.25 bits per heavy atom. The van der Waals surface area contributed by atoms with Gasteiger partial charge in [0.15, 0.2) is 0 Å². The van der Waals surface area contributed by atoms with Crippen molar-refractivity contribution in [1.82, 2.24) is 4.98 Å². The van der Waals surface area contributed by atoms with Crippen LogP contribution in [0.15, 0.2) is 45.3 Å². The first-order valence-corrected chi connectivity index (χ1v) is 9.89. The lowest BCUT2D eigenvalue weighted by Crippen LogP contribution is -1.94. The van der Waals surface area contributed by atoms with Crippen LogP contribution in [0.4, 0.5) is 5.13 Å². The van der Waals surface area contributed by atoms with Crippen molar-refractivity contribution in [2.24, 2.45) is 5.10 Å². The van der Waals surface area contributed by atoms with Crippen molar-refractivity contribution in [2.75, 3.05) is 12.0 Å². The number of rotatable bonds is 6. The molecule has 0 aliphatic heterocycles. The standard InChI is InChI=1S/C17H16BrN3OS2/c1-3-22-14-7-6-12(9-13(14)18)10-19-21-17-20-16(11(2)24-17)15-5-4-8-23-15/h4-10H,3H2,1-2H3,(H,20,21)/b19-10-. The van der Waals surface area contributed by atoms with Crippen molar-refractivity contribution < 1.29 is 4.74 Å². The van der Waals surface area contributed by atoms with Gasteiger partial charge in [-0.05, 0) is 65.0 Å². The van der Waals surface area contributed by atoms with Crippen molar-refractivity contribution >= 4 is 49.9 Å². The molecule has 2 heterocycles. The third-order valence-corrected chi connectivity index (χ3v) is 5.55. The molecule has 7 heteroatoms. The lowest BCUT2D eigenvalue weighted by molar-refractivity contribution is 0.338. The Hall–Kier alpha value is -1.70. The van der Waals surface area contributed by atoms with Gasteiger partial charge in [-0.1, -0.05) is 6.07 Å². The number of benzene rings is 1. The van der Waals surface area contributed by atoms with Gasteiger partial charge in [-0.15, -0.1) is 22.7 Å². The van der Waals surface area contributed by atoms with Gasteiger partial charge in [0.1, 0.15) is 5.75 Å². The highest BCUT2D eigenvalue weighted by atomic mass is 79.9. The third kappa shape index (κ3) is 4.03. The van der Waals surface area contributed by atoms with Gasteiger partial charge in [0.2, 0.25) is 5.13 Å². The second-order valence-electron chi connectivity index (χ2n) is 4.89. The molecule has 3 rings (SSSR count). The lowest BCUT2D eigenvalue weighted by atomic mass is 10.2. The fourth-order valence-electron chi connectivity index (χ4n) is 2.12. The zero-order valence-corrected chi connectivity index (χ0v) is 16.5. The fraction of sp³-hybridized carbons (Fsp3) is 0.176. The number of thiophene rings is 1. The molecule has 0 saturated heterocycles. The Balaban J connectivity index is 1.68. The maximum Gasteiger partial charge on any atom is 0.204 e. The molecule has 1 N–H and O–H groups in total. The molecule has 24 heavy (non-hydrogen) atoms. The Morgan fingerprint density at radius 3 is 2.96 bits per heavy atom. The second-order valence-corrected chi connectivity index (χ2v) is 7.90. The number of thiazole rings is 1. The number of ether oxygens (including phenoxy) is 1. The number of hydrogen-bond acceptors (Lipinski definition) is 6. The zero-order chi connectivity index (χ0) is 16.9. The molecule has 0 unspecified atom stereocenters. The smallest absolute Gasteiger partial charge is 0.204 e. The van der Waals surface area contributed by atoms with Gasteiger partial charge < -0.3 is 4.74 Å². The molecule has 0 atom stereocenters. The predicted octanol–water partition coefficient (Wildman–Crippen LogP) is 5.79. The van der Waals surface area contributed by atoms with E-state index in [9.17, 15) is 0 Å². The quantitative estimate of drug-likeness (QED) is 0.404. The van der Waals surface area contributed by atoms with Gasteiger partial charge in [-0.2, -0.15) is 5.10 Å². The van der Waals surface area contributed by atoms with Crippen LogP contribution in [-0.4, -0.2) is 17.8 Å². The van der Waals surface area contributed by atoms with Crippen LogP contribution < -0.4 is 10.2 Å². The highest BCUT2D eigenvalue weighted by Gasteiger charge is 2.10. The number of halogens is 1. The summed E-state index contributed by atoms with van der Waals surface area (Å²) in [7, 11) is 0. The normalized spacial score (nSPS) is 11.1. The molecular formula is C17H16BrN3OS2. The Labute approximate surface area is 157 Å². The van der Waals surface area contributed by atoms with Gasteiger partial charge in [0.25, 0.3) is 0 Å². The van der Waals surface area contributed by atoms with Crippen molar-refractivity contribution in [1.29, 1.82) is 0 Å². The molecule has 2 aromatic heterocycles. The van der Waals surface area contributed by atoms with Gasteiger partial charge in [0, 0.05) is 4.88 Å². The molecule has 0 bridgehead atoms. The number of aryl methyl sites for hydroxylation is 1. The minimum absolute atomic E-state index is 0.642. The van der Waals surface area contributed by atoms with Crippen LogP contribution in [0.1, 0.15) is 17.4 Å². The minimum Gasteiger partial charge on any atom is -0.493 e. The summed E-state index contributed by atoms with van der Waals surface area (Å²) in [5.41, 5.74) is 5.01. The molecule has 4 nitrogen and oxygen atoms in total. The van der Waals surface area contributed by atoms with E-state index in [4.69, 9.17) is 4.74 Å². The molecule has 0 amide bonds. The highest BCUT2D eigenvalue weighted by Crippen LogP contribution is 2.33. The summed E-state index contributed by atoms with van der Waals surface area (Å²) in [5, 5.41) is 7.13. The van der Waals surface area contributed by atoms with E-state index in [0.717, 1.165) is 26.6 Å². The second kappa shape index (κ2) is 7.92. The van der Waals surface area contributed by atoms with Crippen LogP contribution in [0, 0.1) is 6.92 Å². The first-order chi connectivity index (χ1) is 11.7. The van der Waals surface area contributed by atoms with Crippen LogP contribution in [0.3, 0.4) is 0 Å². The molecule has 0 fully saturated rings. The topological polar surface area (TPSA) is 46.5 Å². The highest BCUT2D eigenvalue weighted by molar-refractivity contribution is 9.10. The molecular weight excluding hydrogens is 406 g/mol. The van der Waals surface area contributed by atoms with Gasteiger partial charge >= 0.3 is 0 Å². The molecule has 124 valence electrons. The number of nitrogens with zero attached hydrogens (tertiary/aromatic N) is 2. The van der Waals surface area contributed by atoms with E-state index in [1.54, 1.807) is 28.9 Å². The monoisotopic (exact) mass is 421 g/mol. The molecule has 0 aliphatic carbocycles. The number of anilines is 1. The Bertz CT molecular complexity index is 844. The molecule has 3 aromatic rings. The van der Waals surface area contributed by atoms with E-state index in [2.05, 4.69) is 49.8 Å². The van der Waals surface area contributed by atoms with Gasteiger partial charge in [-0.25, -0.2) is 4.98 Å². The predicted molar refractivity (Wildman–Crippen MR) is 107 cm³/mol. The largest absolute Gasteiger partial charge is 0.493 e. The van der Waals surface area contributed by atoms with E-state index in [-0.39, 0.29) is 0 Å². The van der Waals surface area contributed by atoms with E-state index >= 15 is 0 Å². The van der Waals surface area contributed by atoms with Crippen LogP contribution >= 0.6 is 38.6 Å². The first-order valence-electron chi connectivity index (χ1n) is 7.40. The zero-order valence-electron chi connectivity index (χ0n) is 13.2. The average molecular weight is 422 g/mol. The maximum absolute atomic E-state index is 5.50. The summed E-state index contributed by atoms with van der Waals surface area (Å²) in [6.45, 7) is 4.68. The molecule has 0 aliphatic rings. The van der Waals surface area contributed by atoms with E-state index in [1.807, 2.05) is 31.2 Å². The number of hydrazone groups is 1. The van der Waals surface area contributed by atoms with Gasteiger partial charge in [0.05, 0.1) is 27.9 Å². The average Bonchev–Trinajstić information content (AvgIpc) is 3.19. The summed E-state index contributed by atoms with van der Waals surface area (Å²) in [4.78, 5) is 6.97. The summed E-state index contributed by atoms with van der Waals surface area (Å²) < 4.78 is 6.42. The SMILES string of the molecule is CCOc1ccc(/C=N\Nc2nc(-c3cccs3)c(C)s2)cc1Br. The number of aromatic nitrogens is 1. The van der Waals surface area contributed by atoms with E-state index in [1.165, 1.54) is 9.75 Å². The van der Waals surface area contributed by atoms with Crippen molar-refractivity contribution in [2.45, 2.75) is 13.8 Å². The fourth-order valence-corrected chi connectivity index (χ4v) is 4.24. The summed E-state index contributed by atoms with van der Waals surface area (Å²) in [6.07, 6.45) is 1.77. The van der Waals surface area contributed by atoms with Crippen LogP contribution in [0.25, 0.3) is 10.6 Å². The third-order valence-electron chi connectivity index (χ3n) is 3.18. The lowest BCUT2D eigenvalue weighted by Gasteiger charge is -2.05. The van der Waals surface area contributed by atoms with Crippen LogP contribution in [0.5, 0.6) is 5.75 Å². The van der Waals surface area contributed by atoms with Crippen LogP contribution in [0.2, 0.25) is 0 Å².